The second-order valence-corrected chi connectivity index (χ2v) is 4.87. The third kappa shape index (κ3) is 5.76. The predicted octanol–water partition coefficient (Wildman–Crippen LogP) is 2.96. The van der Waals surface area contributed by atoms with Gasteiger partial charge in [0.1, 0.15) is 5.82 Å². The van der Waals surface area contributed by atoms with E-state index >= 15 is 0 Å². The summed E-state index contributed by atoms with van der Waals surface area (Å²) in [6.07, 6.45) is 0.299. The molecule has 0 saturated carbocycles. The van der Waals surface area contributed by atoms with Crippen LogP contribution in [0.5, 0.6) is 0 Å². The van der Waals surface area contributed by atoms with Crippen LogP contribution in [0.2, 0.25) is 0 Å². The molecule has 0 atom stereocenters. The number of carbonyl (C=O) groups is 2. The molecule has 0 bridgehead atoms. The van der Waals surface area contributed by atoms with E-state index < -0.39 is 0 Å². The maximum atomic E-state index is 12.7. The molecule has 0 saturated heterocycles. The van der Waals surface area contributed by atoms with E-state index in [-0.39, 0.29) is 36.9 Å². The first-order chi connectivity index (χ1) is 11.1. The Bertz CT molecular complexity index is 727. The van der Waals surface area contributed by atoms with Crippen LogP contribution >= 0.6 is 0 Å². The van der Waals surface area contributed by atoms with Crippen molar-refractivity contribution in [3.05, 3.63) is 71.5 Å². The van der Waals surface area contributed by atoms with Gasteiger partial charge < -0.3 is 5.32 Å². The molecule has 2 aromatic carbocycles. The van der Waals surface area contributed by atoms with Crippen LogP contribution in [0, 0.1) is 17.7 Å². The van der Waals surface area contributed by atoms with E-state index in [2.05, 4.69) is 17.2 Å². The average molecular weight is 309 g/mol. The Balaban J connectivity index is 1.71. The van der Waals surface area contributed by atoms with Crippen molar-refractivity contribution >= 4 is 11.7 Å². The molecule has 0 aliphatic carbocycles. The maximum Gasteiger partial charge on any atom is 0.221 e. The minimum Gasteiger partial charge on any atom is -0.345 e. The third-order valence-electron chi connectivity index (χ3n) is 3.13. The second kappa shape index (κ2) is 8.50. The fourth-order valence-electron chi connectivity index (χ4n) is 1.91. The van der Waals surface area contributed by atoms with Gasteiger partial charge in [-0.3, -0.25) is 9.59 Å². The second-order valence-electron chi connectivity index (χ2n) is 4.87. The van der Waals surface area contributed by atoms with Gasteiger partial charge in [-0.2, -0.15) is 0 Å². The number of ketones is 1. The smallest absolute Gasteiger partial charge is 0.221 e. The van der Waals surface area contributed by atoms with Gasteiger partial charge in [-0.1, -0.05) is 42.2 Å². The summed E-state index contributed by atoms with van der Waals surface area (Å²) in [5, 5.41) is 2.63. The summed E-state index contributed by atoms with van der Waals surface area (Å²) >= 11 is 0. The SMILES string of the molecule is O=C(CCC(=O)c1ccccc1)NCC#Cc1ccc(F)cc1. The van der Waals surface area contributed by atoms with E-state index in [0.29, 0.717) is 11.1 Å². The number of hydrogen-bond donors (Lipinski definition) is 1. The monoisotopic (exact) mass is 309 g/mol. The van der Waals surface area contributed by atoms with Crippen molar-refractivity contribution in [1.82, 2.24) is 5.32 Å². The molecule has 3 nitrogen and oxygen atoms in total. The van der Waals surface area contributed by atoms with Crippen molar-refractivity contribution in [2.45, 2.75) is 12.8 Å². The van der Waals surface area contributed by atoms with Crippen molar-refractivity contribution in [2.24, 2.45) is 0 Å². The van der Waals surface area contributed by atoms with Crippen LogP contribution < -0.4 is 5.32 Å². The van der Waals surface area contributed by atoms with Gasteiger partial charge in [0.25, 0.3) is 0 Å². The predicted molar refractivity (Wildman–Crippen MR) is 86.3 cm³/mol. The van der Waals surface area contributed by atoms with Crippen LogP contribution in [-0.4, -0.2) is 18.2 Å². The molecule has 0 heterocycles. The van der Waals surface area contributed by atoms with E-state index in [1.165, 1.54) is 12.1 Å². The zero-order valence-corrected chi connectivity index (χ0v) is 12.5. The highest BCUT2D eigenvalue weighted by Gasteiger charge is 2.08. The van der Waals surface area contributed by atoms with Crippen LogP contribution in [0.1, 0.15) is 28.8 Å². The first kappa shape index (κ1) is 16.4. The van der Waals surface area contributed by atoms with Gasteiger partial charge in [-0.15, -0.1) is 0 Å². The summed E-state index contributed by atoms with van der Waals surface area (Å²) in [6.45, 7) is 0.190. The minimum atomic E-state index is -0.313. The first-order valence-corrected chi connectivity index (χ1v) is 7.24. The number of benzene rings is 2. The summed E-state index contributed by atoms with van der Waals surface area (Å²) in [5.41, 5.74) is 1.29. The van der Waals surface area contributed by atoms with Gasteiger partial charge >= 0.3 is 0 Å². The molecule has 0 fully saturated rings. The van der Waals surface area contributed by atoms with Crippen molar-refractivity contribution in [2.75, 3.05) is 6.54 Å². The lowest BCUT2D eigenvalue weighted by Crippen LogP contribution is -2.24. The number of halogens is 1. The Morgan fingerprint density at radius 1 is 0.957 bits per heavy atom. The van der Waals surface area contributed by atoms with Gasteiger partial charge in [-0.25, -0.2) is 4.39 Å². The zero-order valence-electron chi connectivity index (χ0n) is 12.5. The third-order valence-corrected chi connectivity index (χ3v) is 3.13. The van der Waals surface area contributed by atoms with Gasteiger partial charge in [-0.05, 0) is 24.3 Å². The van der Waals surface area contributed by atoms with Crippen molar-refractivity contribution in [3.8, 4) is 11.8 Å². The highest BCUT2D eigenvalue weighted by molar-refractivity contribution is 5.97. The minimum absolute atomic E-state index is 0.0573. The van der Waals surface area contributed by atoms with Crippen LogP contribution in [0.25, 0.3) is 0 Å². The normalized spacial score (nSPS) is 9.61. The van der Waals surface area contributed by atoms with E-state index in [1.807, 2.05) is 6.07 Å². The fourth-order valence-corrected chi connectivity index (χ4v) is 1.91. The highest BCUT2D eigenvalue weighted by Crippen LogP contribution is 2.04. The molecule has 23 heavy (non-hydrogen) atoms. The summed E-state index contributed by atoms with van der Waals surface area (Å²) in [5.74, 6) is 5.01. The Morgan fingerprint density at radius 2 is 1.65 bits per heavy atom. The number of carbonyl (C=O) groups excluding carboxylic acids is 2. The van der Waals surface area contributed by atoms with Gasteiger partial charge in [0.05, 0.1) is 6.54 Å². The Labute approximate surface area is 134 Å². The number of rotatable bonds is 5. The molecular weight excluding hydrogens is 293 g/mol. The van der Waals surface area contributed by atoms with E-state index in [4.69, 9.17) is 0 Å². The zero-order chi connectivity index (χ0) is 16.5. The van der Waals surface area contributed by atoms with Crippen LogP contribution in [-0.2, 0) is 4.79 Å². The lowest BCUT2D eigenvalue weighted by atomic mass is 10.1. The first-order valence-electron chi connectivity index (χ1n) is 7.24. The van der Waals surface area contributed by atoms with Crippen LogP contribution in [0.15, 0.2) is 54.6 Å². The molecule has 0 radical (unpaired) electrons. The van der Waals surface area contributed by atoms with E-state index in [9.17, 15) is 14.0 Å². The van der Waals surface area contributed by atoms with E-state index in [1.54, 1.807) is 36.4 Å². The Kier molecular flexibility index (Phi) is 6.07. The largest absolute Gasteiger partial charge is 0.345 e. The molecule has 0 aliphatic rings. The van der Waals surface area contributed by atoms with Crippen LogP contribution in [0.3, 0.4) is 0 Å². The van der Waals surface area contributed by atoms with Crippen molar-refractivity contribution < 1.29 is 14.0 Å². The lowest BCUT2D eigenvalue weighted by Gasteiger charge is -2.01. The summed E-state index contributed by atoms with van der Waals surface area (Å²) in [6, 6.07) is 14.7. The lowest BCUT2D eigenvalue weighted by molar-refractivity contribution is -0.120. The molecule has 0 aromatic heterocycles. The number of amides is 1. The molecule has 1 N–H and O–H groups in total. The van der Waals surface area contributed by atoms with E-state index in [0.717, 1.165) is 0 Å². The summed E-state index contributed by atoms with van der Waals surface area (Å²) < 4.78 is 12.7. The number of nitrogens with one attached hydrogen (secondary N) is 1. The van der Waals surface area contributed by atoms with Gasteiger partial charge in [0.2, 0.25) is 5.91 Å². The van der Waals surface area contributed by atoms with Crippen molar-refractivity contribution in [3.63, 3.8) is 0 Å². The Morgan fingerprint density at radius 3 is 2.35 bits per heavy atom. The molecule has 4 heteroatoms. The fraction of sp³-hybridized carbons (Fsp3) is 0.158. The molecule has 1 amide bonds. The molecule has 0 spiro atoms. The Hall–Kier alpha value is -2.93. The van der Waals surface area contributed by atoms with Gasteiger partial charge in [0, 0.05) is 24.0 Å². The molecule has 0 aliphatic heterocycles. The molecular formula is C19H16FNO2. The topological polar surface area (TPSA) is 46.2 Å². The molecule has 116 valence electrons. The molecule has 0 unspecified atom stereocenters. The number of Topliss-reactive ketones (excluding diaryl/α,β-unsaturated/α-hetero) is 1. The average Bonchev–Trinajstić information content (AvgIpc) is 2.59. The molecule has 2 aromatic rings. The van der Waals surface area contributed by atoms with Gasteiger partial charge in [0.15, 0.2) is 5.78 Å². The molecule has 2 rings (SSSR count). The van der Waals surface area contributed by atoms with Crippen molar-refractivity contribution in [1.29, 1.82) is 0 Å². The maximum absolute atomic E-state index is 12.7. The highest BCUT2D eigenvalue weighted by atomic mass is 19.1. The van der Waals surface area contributed by atoms with Crippen LogP contribution in [0.4, 0.5) is 4.39 Å². The standard InChI is InChI=1S/C19H16FNO2/c20-17-10-8-15(9-11-17)5-4-14-21-19(23)13-12-18(22)16-6-2-1-3-7-16/h1-3,6-11H,12-14H2,(H,21,23). The quantitative estimate of drug-likeness (QED) is 0.682. The number of hydrogen-bond acceptors (Lipinski definition) is 2. The summed E-state index contributed by atoms with van der Waals surface area (Å²) in [4.78, 5) is 23.5. The summed E-state index contributed by atoms with van der Waals surface area (Å²) in [7, 11) is 0.